The fraction of sp³-hybridized carbons (Fsp3) is 0.562. The predicted octanol–water partition coefficient (Wildman–Crippen LogP) is 2.31. The normalized spacial score (nSPS) is 24.5. The first-order valence-electron chi connectivity index (χ1n) is 7.46. The molecule has 1 amide bonds. The fourth-order valence-corrected chi connectivity index (χ4v) is 4.23. The Morgan fingerprint density at radius 3 is 2.91 bits per heavy atom. The van der Waals surface area contributed by atoms with Gasteiger partial charge in [0.05, 0.1) is 26.7 Å². The summed E-state index contributed by atoms with van der Waals surface area (Å²) in [5, 5.41) is -0.0156. The Kier molecular flexibility index (Phi) is 4.78. The van der Waals surface area contributed by atoms with Crippen molar-refractivity contribution < 1.29 is 19.0 Å². The van der Waals surface area contributed by atoms with Crippen molar-refractivity contribution >= 4 is 17.7 Å². The third kappa shape index (κ3) is 2.90. The number of carbonyl (C=O) groups excluding carboxylic acids is 1. The minimum atomic E-state index is -0.0156. The molecule has 6 heteroatoms. The molecule has 2 unspecified atom stereocenters. The monoisotopic (exact) mass is 323 g/mol. The van der Waals surface area contributed by atoms with Gasteiger partial charge in [0.2, 0.25) is 5.91 Å². The number of thioether (sulfide) groups is 1. The smallest absolute Gasteiger partial charge is 0.229 e. The molecule has 2 aliphatic rings. The maximum atomic E-state index is 12.7. The summed E-state index contributed by atoms with van der Waals surface area (Å²) in [7, 11) is 3.30. The largest absolute Gasteiger partial charge is 0.497 e. The van der Waals surface area contributed by atoms with Crippen molar-refractivity contribution in [2.75, 3.05) is 39.7 Å². The number of ether oxygens (including phenoxy) is 3. The van der Waals surface area contributed by atoms with Crippen LogP contribution in [0.3, 0.4) is 0 Å². The maximum Gasteiger partial charge on any atom is 0.229 e. The molecule has 0 spiro atoms. The van der Waals surface area contributed by atoms with E-state index in [1.165, 1.54) is 0 Å². The number of nitrogens with zero attached hydrogens (tertiary/aromatic N) is 1. The minimum Gasteiger partial charge on any atom is -0.497 e. The van der Waals surface area contributed by atoms with Crippen LogP contribution in [0.25, 0.3) is 0 Å². The van der Waals surface area contributed by atoms with Crippen molar-refractivity contribution in [3.63, 3.8) is 0 Å². The van der Waals surface area contributed by atoms with E-state index in [0.29, 0.717) is 13.2 Å². The highest BCUT2D eigenvalue weighted by Crippen LogP contribution is 2.44. The van der Waals surface area contributed by atoms with Crippen molar-refractivity contribution in [1.82, 2.24) is 4.90 Å². The molecule has 0 aliphatic carbocycles. The molecule has 1 aromatic carbocycles. The van der Waals surface area contributed by atoms with Gasteiger partial charge in [-0.15, -0.1) is 11.8 Å². The third-order valence-electron chi connectivity index (χ3n) is 4.16. The Labute approximate surface area is 134 Å². The van der Waals surface area contributed by atoms with Gasteiger partial charge in [0, 0.05) is 24.5 Å². The van der Waals surface area contributed by atoms with Crippen LogP contribution in [0.1, 0.15) is 17.4 Å². The first-order valence-corrected chi connectivity index (χ1v) is 8.51. The van der Waals surface area contributed by atoms with Gasteiger partial charge < -0.3 is 19.1 Å². The molecular weight excluding hydrogens is 302 g/mol. The van der Waals surface area contributed by atoms with Gasteiger partial charge in [-0.3, -0.25) is 4.79 Å². The van der Waals surface area contributed by atoms with Gasteiger partial charge in [-0.05, 0) is 24.6 Å². The van der Waals surface area contributed by atoms with Gasteiger partial charge >= 0.3 is 0 Å². The van der Waals surface area contributed by atoms with Gasteiger partial charge in [0.25, 0.3) is 0 Å². The Hall–Kier alpha value is -1.40. The number of amides is 1. The summed E-state index contributed by atoms with van der Waals surface area (Å²) in [6.45, 7) is 2.00. The van der Waals surface area contributed by atoms with Crippen molar-refractivity contribution in [3.05, 3.63) is 23.8 Å². The van der Waals surface area contributed by atoms with Crippen LogP contribution in [0.2, 0.25) is 0 Å². The van der Waals surface area contributed by atoms with E-state index >= 15 is 0 Å². The highest BCUT2D eigenvalue weighted by Gasteiger charge is 2.37. The zero-order chi connectivity index (χ0) is 15.5. The van der Waals surface area contributed by atoms with Crippen LogP contribution in [0.4, 0.5) is 0 Å². The van der Waals surface area contributed by atoms with Crippen molar-refractivity contribution in [2.24, 2.45) is 5.92 Å². The van der Waals surface area contributed by atoms with Crippen LogP contribution < -0.4 is 9.47 Å². The van der Waals surface area contributed by atoms with Crippen LogP contribution in [0.15, 0.2) is 18.2 Å². The molecule has 1 aromatic rings. The van der Waals surface area contributed by atoms with Gasteiger partial charge in [-0.2, -0.15) is 0 Å². The van der Waals surface area contributed by atoms with Crippen molar-refractivity contribution in [3.8, 4) is 11.5 Å². The summed E-state index contributed by atoms with van der Waals surface area (Å²) >= 11 is 1.77. The number of rotatable bonds is 4. The molecule has 0 bridgehead atoms. The fourth-order valence-electron chi connectivity index (χ4n) is 2.95. The van der Waals surface area contributed by atoms with Gasteiger partial charge in [0.15, 0.2) is 0 Å². The summed E-state index contributed by atoms with van der Waals surface area (Å²) in [6, 6.07) is 5.74. The van der Waals surface area contributed by atoms with Crippen LogP contribution >= 0.6 is 11.8 Å². The van der Waals surface area contributed by atoms with E-state index in [1.54, 1.807) is 26.0 Å². The first-order chi connectivity index (χ1) is 10.7. The van der Waals surface area contributed by atoms with Crippen molar-refractivity contribution in [2.45, 2.75) is 11.8 Å². The molecule has 22 heavy (non-hydrogen) atoms. The SMILES string of the molecule is COc1ccc(OC)c(C2SCCN2C(=O)C2CCOC2)c1. The summed E-state index contributed by atoms with van der Waals surface area (Å²) in [5.41, 5.74) is 0.997. The maximum absolute atomic E-state index is 12.7. The second kappa shape index (κ2) is 6.79. The second-order valence-corrected chi connectivity index (χ2v) is 6.61. The Balaban J connectivity index is 1.87. The summed E-state index contributed by atoms with van der Waals surface area (Å²) in [6.07, 6.45) is 0.821. The van der Waals surface area contributed by atoms with E-state index in [0.717, 1.165) is 35.8 Å². The van der Waals surface area contributed by atoms with Crippen LogP contribution in [0.5, 0.6) is 11.5 Å². The Morgan fingerprint density at radius 2 is 2.23 bits per heavy atom. The number of carbonyl (C=O) groups is 1. The molecule has 0 aromatic heterocycles. The third-order valence-corrected chi connectivity index (χ3v) is 5.40. The number of methoxy groups -OCH3 is 2. The summed E-state index contributed by atoms with van der Waals surface area (Å²) in [5.74, 6) is 2.69. The quantitative estimate of drug-likeness (QED) is 0.851. The molecule has 2 aliphatic heterocycles. The standard InChI is InChI=1S/C16H21NO4S/c1-19-12-3-4-14(20-2)13(9-12)16-17(6-8-22-16)15(18)11-5-7-21-10-11/h3-4,9,11,16H,5-8,10H2,1-2H3. The predicted molar refractivity (Wildman–Crippen MR) is 85.4 cm³/mol. The number of hydrogen-bond donors (Lipinski definition) is 0. The van der Waals surface area contributed by atoms with E-state index in [1.807, 2.05) is 23.1 Å². The number of benzene rings is 1. The zero-order valence-corrected chi connectivity index (χ0v) is 13.7. The topological polar surface area (TPSA) is 48.0 Å². The molecule has 2 atom stereocenters. The first kappa shape index (κ1) is 15.5. The summed E-state index contributed by atoms with van der Waals surface area (Å²) in [4.78, 5) is 14.7. The van der Waals surface area contributed by atoms with E-state index in [2.05, 4.69) is 0 Å². The molecule has 2 heterocycles. The highest BCUT2D eigenvalue weighted by atomic mass is 32.2. The summed E-state index contributed by atoms with van der Waals surface area (Å²) < 4.78 is 16.2. The lowest BCUT2D eigenvalue weighted by atomic mass is 10.1. The lowest BCUT2D eigenvalue weighted by Crippen LogP contribution is -2.36. The van der Waals surface area contributed by atoms with Gasteiger partial charge in [-0.1, -0.05) is 0 Å². The van der Waals surface area contributed by atoms with Crippen LogP contribution in [0, 0.1) is 5.92 Å². The van der Waals surface area contributed by atoms with E-state index in [9.17, 15) is 4.79 Å². The van der Waals surface area contributed by atoms with E-state index in [-0.39, 0.29) is 17.2 Å². The average Bonchev–Trinajstić information content (AvgIpc) is 3.24. The van der Waals surface area contributed by atoms with E-state index in [4.69, 9.17) is 14.2 Å². The van der Waals surface area contributed by atoms with Crippen LogP contribution in [-0.4, -0.2) is 50.5 Å². The minimum absolute atomic E-state index is 0.00203. The van der Waals surface area contributed by atoms with Gasteiger partial charge in [0.1, 0.15) is 16.9 Å². The average molecular weight is 323 g/mol. The molecule has 5 nitrogen and oxygen atoms in total. The lowest BCUT2D eigenvalue weighted by molar-refractivity contribution is -0.135. The second-order valence-electron chi connectivity index (χ2n) is 5.42. The Bertz CT molecular complexity index is 545. The van der Waals surface area contributed by atoms with Crippen LogP contribution in [-0.2, 0) is 9.53 Å². The Morgan fingerprint density at radius 1 is 1.36 bits per heavy atom. The molecule has 3 rings (SSSR count). The van der Waals surface area contributed by atoms with Crippen molar-refractivity contribution in [1.29, 1.82) is 0 Å². The zero-order valence-electron chi connectivity index (χ0n) is 12.9. The molecule has 0 radical (unpaired) electrons. The molecule has 2 saturated heterocycles. The van der Waals surface area contributed by atoms with E-state index < -0.39 is 0 Å². The molecule has 0 saturated carbocycles. The van der Waals surface area contributed by atoms with Gasteiger partial charge in [-0.25, -0.2) is 0 Å². The molecule has 120 valence electrons. The number of hydrogen-bond acceptors (Lipinski definition) is 5. The lowest BCUT2D eigenvalue weighted by Gasteiger charge is -2.27. The molecule has 0 N–H and O–H groups in total. The highest BCUT2D eigenvalue weighted by molar-refractivity contribution is 7.99. The molecular formula is C16H21NO4S. The molecule has 2 fully saturated rings.